The molecule has 1 heterocycles. The average molecular weight is 321 g/mol. The third kappa shape index (κ3) is 4.31. The molecular formula is C17H20FNO2S. The van der Waals surface area contributed by atoms with Gasteiger partial charge in [0.25, 0.3) is 5.91 Å². The molecule has 0 saturated carbocycles. The van der Waals surface area contributed by atoms with Crippen molar-refractivity contribution in [2.45, 2.75) is 26.7 Å². The monoisotopic (exact) mass is 321 g/mol. The molecule has 0 saturated heterocycles. The minimum absolute atomic E-state index is 0.0568. The maximum Gasteiger partial charge on any atom is 0.261 e. The van der Waals surface area contributed by atoms with Crippen molar-refractivity contribution in [2.75, 3.05) is 13.2 Å². The van der Waals surface area contributed by atoms with E-state index in [1.54, 1.807) is 18.2 Å². The van der Waals surface area contributed by atoms with Gasteiger partial charge in [0, 0.05) is 11.4 Å². The number of carbonyl (C=O) groups excluding carboxylic acids is 1. The Morgan fingerprint density at radius 2 is 2.14 bits per heavy atom. The van der Waals surface area contributed by atoms with E-state index >= 15 is 0 Å². The number of para-hydroxylation sites is 1. The summed E-state index contributed by atoms with van der Waals surface area (Å²) in [6.45, 7) is 4.98. The third-order valence-corrected chi connectivity index (χ3v) is 4.42. The Morgan fingerprint density at radius 3 is 2.82 bits per heavy atom. The van der Waals surface area contributed by atoms with Crippen molar-refractivity contribution in [3.63, 3.8) is 0 Å². The van der Waals surface area contributed by atoms with Gasteiger partial charge in [-0.05, 0) is 43.5 Å². The zero-order valence-electron chi connectivity index (χ0n) is 12.8. The average Bonchev–Trinajstić information content (AvgIpc) is 2.89. The fourth-order valence-corrected chi connectivity index (χ4v) is 3.12. The molecule has 1 amide bonds. The fraction of sp³-hybridized carbons (Fsp3) is 0.353. The Hall–Kier alpha value is -1.88. The number of aryl methyl sites for hydroxylation is 2. The second-order valence-corrected chi connectivity index (χ2v) is 6.19. The molecule has 5 heteroatoms. The molecule has 1 N–H and O–H groups in total. The lowest BCUT2D eigenvalue weighted by Crippen LogP contribution is -2.24. The van der Waals surface area contributed by atoms with Crippen LogP contribution < -0.4 is 10.1 Å². The van der Waals surface area contributed by atoms with E-state index in [0.717, 1.165) is 11.3 Å². The molecule has 22 heavy (non-hydrogen) atoms. The second kappa shape index (κ2) is 7.94. The van der Waals surface area contributed by atoms with Gasteiger partial charge in [-0.15, -0.1) is 11.3 Å². The first-order valence-electron chi connectivity index (χ1n) is 7.36. The maximum absolute atomic E-state index is 13.3. The van der Waals surface area contributed by atoms with E-state index in [1.165, 1.54) is 27.8 Å². The zero-order valence-corrected chi connectivity index (χ0v) is 13.6. The Morgan fingerprint density at radius 1 is 1.36 bits per heavy atom. The van der Waals surface area contributed by atoms with Crippen LogP contribution in [-0.4, -0.2) is 19.1 Å². The lowest BCUT2D eigenvalue weighted by atomic mass is 10.2. The number of ether oxygens (including phenoxy) is 1. The number of thiophene rings is 1. The highest BCUT2D eigenvalue weighted by molar-refractivity contribution is 7.14. The molecule has 0 aliphatic heterocycles. The van der Waals surface area contributed by atoms with Crippen LogP contribution in [0.2, 0.25) is 0 Å². The first-order chi connectivity index (χ1) is 10.6. The maximum atomic E-state index is 13.3. The van der Waals surface area contributed by atoms with Gasteiger partial charge in [0.1, 0.15) is 0 Å². The first kappa shape index (κ1) is 16.5. The lowest BCUT2D eigenvalue weighted by Gasteiger charge is -2.07. The van der Waals surface area contributed by atoms with Crippen molar-refractivity contribution in [1.82, 2.24) is 5.32 Å². The van der Waals surface area contributed by atoms with Gasteiger partial charge in [-0.2, -0.15) is 0 Å². The number of hydrogen-bond donors (Lipinski definition) is 1. The van der Waals surface area contributed by atoms with Crippen molar-refractivity contribution < 1.29 is 13.9 Å². The number of halogens is 1. The fourth-order valence-electron chi connectivity index (χ4n) is 2.09. The molecule has 0 bridgehead atoms. The summed E-state index contributed by atoms with van der Waals surface area (Å²) in [6.07, 6.45) is 1.57. The van der Waals surface area contributed by atoms with Crippen LogP contribution in [0.5, 0.6) is 5.75 Å². The van der Waals surface area contributed by atoms with Crippen LogP contribution in [0.25, 0.3) is 0 Å². The summed E-state index contributed by atoms with van der Waals surface area (Å²) >= 11 is 1.52. The predicted molar refractivity (Wildman–Crippen MR) is 87.3 cm³/mol. The van der Waals surface area contributed by atoms with E-state index in [4.69, 9.17) is 4.74 Å². The minimum atomic E-state index is -0.368. The normalized spacial score (nSPS) is 10.5. The number of hydrogen-bond acceptors (Lipinski definition) is 3. The van der Waals surface area contributed by atoms with E-state index in [9.17, 15) is 9.18 Å². The molecule has 0 aliphatic rings. The standard InChI is InChI=1S/C17H20FNO2S/c1-3-13-11-16(22-12(13)2)17(20)19-9-6-10-21-15-8-5-4-7-14(15)18/h4-5,7-8,11H,3,6,9-10H2,1-2H3,(H,19,20). The second-order valence-electron chi connectivity index (χ2n) is 4.93. The van der Waals surface area contributed by atoms with Crippen LogP contribution >= 0.6 is 11.3 Å². The molecule has 0 atom stereocenters. The van der Waals surface area contributed by atoms with Crippen LogP contribution in [0.4, 0.5) is 4.39 Å². The number of nitrogens with one attached hydrogen (secondary N) is 1. The summed E-state index contributed by atoms with van der Waals surface area (Å²) in [4.78, 5) is 13.9. The van der Waals surface area contributed by atoms with Gasteiger partial charge in [0.15, 0.2) is 11.6 Å². The highest BCUT2D eigenvalue weighted by Gasteiger charge is 2.11. The van der Waals surface area contributed by atoms with Crippen molar-refractivity contribution in [3.8, 4) is 5.75 Å². The summed E-state index contributed by atoms with van der Waals surface area (Å²) in [5.74, 6) is -0.179. The smallest absolute Gasteiger partial charge is 0.261 e. The van der Waals surface area contributed by atoms with Gasteiger partial charge in [0.2, 0.25) is 0 Å². The Labute approximate surface area is 134 Å². The number of amides is 1. The highest BCUT2D eigenvalue weighted by Crippen LogP contribution is 2.21. The molecule has 118 valence electrons. The molecule has 1 aromatic heterocycles. The molecule has 0 aliphatic carbocycles. The molecule has 0 spiro atoms. The quantitative estimate of drug-likeness (QED) is 0.784. The van der Waals surface area contributed by atoms with Gasteiger partial charge in [-0.25, -0.2) is 4.39 Å². The van der Waals surface area contributed by atoms with Crippen LogP contribution in [-0.2, 0) is 6.42 Å². The number of carbonyl (C=O) groups is 1. The molecule has 2 aromatic rings. The number of benzene rings is 1. The van der Waals surface area contributed by atoms with Crippen LogP contribution in [0.15, 0.2) is 30.3 Å². The summed E-state index contributed by atoms with van der Waals surface area (Å²) in [6, 6.07) is 8.25. The summed E-state index contributed by atoms with van der Waals surface area (Å²) in [5.41, 5.74) is 1.22. The highest BCUT2D eigenvalue weighted by atomic mass is 32.1. The van der Waals surface area contributed by atoms with E-state index in [-0.39, 0.29) is 17.5 Å². The molecule has 3 nitrogen and oxygen atoms in total. The number of rotatable bonds is 7. The predicted octanol–water partition coefficient (Wildman–Crippen LogP) is 3.96. The van der Waals surface area contributed by atoms with Crippen LogP contribution in [0.3, 0.4) is 0 Å². The van der Waals surface area contributed by atoms with Crippen LogP contribution in [0, 0.1) is 12.7 Å². The molecule has 0 unspecified atom stereocenters. The molecular weight excluding hydrogens is 301 g/mol. The van der Waals surface area contributed by atoms with Gasteiger partial charge in [-0.3, -0.25) is 4.79 Å². The van der Waals surface area contributed by atoms with E-state index in [1.807, 2.05) is 13.0 Å². The molecule has 1 aromatic carbocycles. The topological polar surface area (TPSA) is 38.3 Å². The Bertz CT molecular complexity index is 639. The summed E-state index contributed by atoms with van der Waals surface area (Å²) < 4.78 is 18.7. The van der Waals surface area contributed by atoms with Crippen molar-refractivity contribution in [3.05, 3.63) is 51.5 Å². The van der Waals surface area contributed by atoms with Crippen LogP contribution in [0.1, 0.15) is 33.5 Å². The summed E-state index contributed by atoms with van der Waals surface area (Å²) in [5, 5.41) is 2.86. The third-order valence-electron chi connectivity index (χ3n) is 3.33. The van der Waals surface area contributed by atoms with Crippen molar-refractivity contribution in [2.24, 2.45) is 0 Å². The van der Waals surface area contributed by atoms with E-state index in [0.29, 0.717) is 19.6 Å². The summed E-state index contributed by atoms with van der Waals surface area (Å²) in [7, 11) is 0. The molecule has 0 radical (unpaired) electrons. The van der Waals surface area contributed by atoms with Gasteiger partial charge < -0.3 is 10.1 Å². The Balaban J connectivity index is 1.72. The largest absolute Gasteiger partial charge is 0.490 e. The lowest BCUT2D eigenvalue weighted by molar-refractivity contribution is 0.0955. The zero-order chi connectivity index (χ0) is 15.9. The van der Waals surface area contributed by atoms with Crippen molar-refractivity contribution >= 4 is 17.2 Å². The van der Waals surface area contributed by atoms with Gasteiger partial charge in [-0.1, -0.05) is 19.1 Å². The van der Waals surface area contributed by atoms with E-state index in [2.05, 4.69) is 12.2 Å². The molecule has 2 rings (SSSR count). The minimum Gasteiger partial charge on any atom is -0.490 e. The molecule has 0 fully saturated rings. The Kier molecular flexibility index (Phi) is 5.95. The van der Waals surface area contributed by atoms with Gasteiger partial charge >= 0.3 is 0 Å². The van der Waals surface area contributed by atoms with E-state index < -0.39 is 0 Å². The first-order valence-corrected chi connectivity index (χ1v) is 8.18. The van der Waals surface area contributed by atoms with Crippen molar-refractivity contribution in [1.29, 1.82) is 0 Å². The van der Waals surface area contributed by atoms with Gasteiger partial charge in [0.05, 0.1) is 11.5 Å². The SMILES string of the molecule is CCc1cc(C(=O)NCCCOc2ccccc2F)sc1C.